The molecule has 1 saturated carbocycles. The SMILES string of the molecule is NS(=O)(=O)NCC1(C(=O)O)CC1. The van der Waals surface area contributed by atoms with Crippen molar-refractivity contribution in [3.8, 4) is 0 Å². The zero-order chi connectivity index (χ0) is 9.41. The molecule has 0 aromatic rings. The molecule has 6 nitrogen and oxygen atoms in total. The van der Waals surface area contributed by atoms with Crippen LogP contribution in [0, 0.1) is 5.41 Å². The average Bonchev–Trinajstić information content (AvgIpc) is 2.61. The van der Waals surface area contributed by atoms with E-state index in [-0.39, 0.29) is 6.54 Å². The molecule has 0 aliphatic heterocycles. The van der Waals surface area contributed by atoms with Crippen molar-refractivity contribution in [3.05, 3.63) is 0 Å². The molecule has 0 aromatic heterocycles. The maximum Gasteiger partial charge on any atom is 0.310 e. The first-order valence-electron chi connectivity index (χ1n) is 3.37. The highest BCUT2D eigenvalue weighted by Crippen LogP contribution is 2.45. The van der Waals surface area contributed by atoms with Gasteiger partial charge in [0.15, 0.2) is 0 Å². The number of carbonyl (C=O) groups is 1. The van der Waals surface area contributed by atoms with E-state index in [2.05, 4.69) is 5.14 Å². The van der Waals surface area contributed by atoms with Gasteiger partial charge in [0.05, 0.1) is 5.41 Å². The van der Waals surface area contributed by atoms with Crippen molar-refractivity contribution < 1.29 is 18.3 Å². The smallest absolute Gasteiger partial charge is 0.310 e. The normalized spacial score (nSPS) is 20.4. The Balaban J connectivity index is 2.48. The Labute approximate surface area is 69.9 Å². The fourth-order valence-electron chi connectivity index (χ4n) is 0.856. The second kappa shape index (κ2) is 2.68. The number of hydrogen-bond donors (Lipinski definition) is 3. The number of nitrogens with two attached hydrogens (primary N) is 1. The van der Waals surface area contributed by atoms with E-state index in [9.17, 15) is 13.2 Å². The van der Waals surface area contributed by atoms with Crippen molar-refractivity contribution in [2.45, 2.75) is 12.8 Å². The summed E-state index contributed by atoms with van der Waals surface area (Å²) in [4.78, 5) is 10.5. The van der Waals surface area contributed by atoms with Gasteiger partial charge >= 0.3 is 5.97 Å². The van der Waals surface area contributed by atoms with E-state index in [1.54, 1.807) is 0 Å². The first-order valence-corrected chi connectivity index (χ1v) is 4.91. The summed E-state index contributed by atoms with van der Waals surface area (Å²) in [7, 11) is -3.76. The molecular formula is C5H10N2O4S. The maximum atomic E-state index is 10.5. The summed E-state index contributed by atoms with van der Waals surface area (Å²) in [5, 5.41) is 13.3. The molecule has 1 aliphatic rings. The highest BCUT2D eigenvalue weighted by atomic mass is 32.2. The zero-order valence-corrected chi connectivity index (χ0v) is 7.10. The molecule has 0 unspecified atom stereocenters. The van der Waals surface area contributed by atoms with Crippen molar-refractivity contribution in [3.63, 3.8) is 0 Å². The summed E-state index contributed by atoms with van der Waals surface area (Å²) >= 11 is 0. The van der Waals surface area contributed by atoms with E-state index >= 15 is 0 Å². The number of aliphatic carboxylic acids is 1. The summed E-state index contributed by atoms with van der Waals surface area (Å²) in [5.74, 6) is -0.973. The van der Waals surface area contributed by atoms with Gasteiger partial charge in [0, 0.05) is 6.54 Å². The Morgan fingerprint density at radius 2 is 2.08 bits per heavy atom. The molecule has 0 bridgehead atoms. The van der Waals surface area contributed by atoms with Gasteiger partial charge in [0.2, 0.25) is 0 Å². The molecule has 0 atom stereocenters. The van der Waals surface area contributed by atoms with Crippen LogP contribution in [-0.2, 0) is 15.0 Å². The first-order chi connectivity index (χ1) is 5.36. The molecule has 0 heterocycles. The average molecular weight is 194 g/mol. The Bertz CT molecular complexity index is 293. The van der Waals surface area contributed by atoms with Crippen molar-refractivity contribution in [2.24, 2.45) is 10.6 Å². The van der Waals surface area contributed by atoms with Crippen molar-refractivity contribution in [1.82, 2.24) is 4.72 Å². The maximum absolute atomic E-state index is 10.5. The number of hydrogen-bond acceptors (Lipinski definition) is 3. The lowest BCUT2D eigenvalue weighted by molar-refractivity contribution is -0.142. The van der Waals surface area contributed by atoms with Crippen LogP contribution < -0.4 is 9.86 Å². The third kappa shape index (κ3) is 2.16. The van der Waals surface area contributed by atoms with Crippen LogP contribution in [0.4, 0.5) is 0 Å². The van der Waals surface area contributed by atoms with Crippen molar-refractivity contribution in [1.29, 1.82) is 0 Å². The lowest BCUT2D eigenvalue weighted by Crippen LogP contribution is -2.38. The fraction of sp³-hybridized carbons (Fsp3) is 0.800. The van der Waals surface area contributed by atoms with Gasteiger partial charge in [-0.2, -0.15) is 8.42 Å². The molecule has 0 amide bonds. The van der Waals surface area contributed by atoms with Crippen LogP contribution in [0.15, 0.2) is 0 Å². The van der Waals surface area contributed by atoms with Crippen molar-refractivity contribution in [2.75, 3.05) is 6.54 Å². The molecule has 1 fully saturated rings. The summed E-state index contributed by atoms with van der Waals surface area (Å²) in [6.07, 6.45) is 1.01. The summed E-state index contributed by atoms with van der Waals surface area (Å²) in [6, 6.07) is 0. The molecule has 1 rings (SSSR count). The number of nitrogens with one attached hydrogen (secondary N) is 1. The lowest BCUT2D eigenvalue weighted by Gasteiger charge is -2.08. The molecule has 0 radical (unpaired) electrons. The third-order valence-corrected chi connectivity index (χ3v) is 2.47. The van der Waals surface area contributed by atoms with E-state index in [0.29, 0.717) is 12.8 Å². The number of rotatable bonds is 4. The van der Waals surface area contributed by atoms with Gasteiger partial charge < -0.3 is 5.11 Å². The lowest BCUT2D eigenvalue weighted by atomic mass is 10.1. The van der Waals surface area contributed by atoms with Crippen LogP contribution in [0.2, 0.25) is 0 Å². The van der Waals surface area contributed by atoms with Gasteiger partial charge in [0.1, 0.15) is 0 Å². The molecule has 12 heavy (non-hydrogen) atoms. The zero-order valence-electron chi connectivity index (χ0n) is 6.28. The first kappa shape index (κ1) is 9.43. The van der Waals surface area contributed by atoms with Gasteiger partial charge in [-0.25, -0.2) is 9.86 Å². The van der Waals surface area contributed by atoms with E-state index < -0.39 is 21.6 Å². The molecule has 0 aromatic carbocycles. The Morgan fingerprint density at radius 1 is 1.58 bits per heavy atom. The van der Waals surface area contributed by atoms with E-state index in [1.807, 2.05) is 4.72 Å². The quantitative estimate of drug-likeness (QED) is 0.513. The molecule has 0 spiro atoms. The van der Waals surface area contributed by atoms with Crippen LogP contribution in [0.1, 0.15) is 12.8 Å². The monoisotopic (exact) mass is 194 g/mol. The largest absolute Gasteiger partial charge is 0.481 e. The highest BCUT2D eigenvalue weighted by molar-refractivity contribution is 7.87. The Morgan fingerprint density at radius 3 is 2.33 bits per heavy atom. The minimum atomic E-state index is -3.76. The molecular weight excluding hydrogens is 184 g/mol. The van der Waals surface area contributed by atoms with Gasteiger partial charge in [0.25, 0.3) is 10.2 Å². The Hall–Kier alpha value is -0.660. The third-order valence-electron chi connectivity index (χ3n) is 1.92. The van der Waals surface area contributed by atoms with Crippen LogP contribution in [0.25, 0.3) is 0 Å². The molecule has 4 N–H and O–H groups in total. The van der Waals surface area contributed by atoms with Gasteiger partial charge in [-0.1, -0.05) is 0 Å². The topological polar surface area (TPSA) is 109 Å². The highest BCUT2D eigenvalue weighted by Gasteiger charge is 2.50. The Kier molecular flexibility index (Phi) is 2.11. The minimum absolute atomic E-state index is 0.110. The van der Waals surface area contributed by atoms with Gasteiger partial charge in [-0.05, 0) is 12.8 Å². The number of carboxylic acids is 1. The molecule has 1 aliphatic carbocycles. The number of carboxylic acid groups (broad SMARTS) is 1. The van der Waals surface area contributed by atoms with Crippen LogP contribution in [-0.4, -0.2) is 26.0 Å². The fourth-order valence-corrected chi connectivity index (χ4v) is 1.33. The van der Waals surface area contributed by atoms with Crippen LogP contribution in [0.5, 0.6) is 0 Å². The summed E-state index contributed by atoms with van der Waals surface area (Å²) in [5.41, 5.74) is -0.896. The van der Waals surface area contributed by atoms with E-state index in [0.717, 1.165) is 0 Å². The predicted octanol–water partition coefficient (Wildman–Crippen LogP) is -1.36. The second-order valence-electron chi connectivity index (χ2n) is 2.95. The second-order valence-corrected chi connectivity index (χ2v) is 4.33. The predicted molar refractivity (Wildman–Crippen MR) is 40.4 cm³/mol. The van der Waals surface area contributed by atoms with E-state index in [4.69, 9.17) is 5.11 Å². The minimum Gasteiger partial charge on any atom is -0.481 e. The van der Waals surface area contributed by atoms with E-state index in [1.165, 1.54) is 0 Å². The molecule has 70 valence electrons. The molecule has 7 heteroatoms. The summed E-state index contributed by atoms with van der Waals surface area (Å²) < 4.78 is 22.8. The standard InChI is InChI=1S/C5H10N2O4S/c6-12(10,11)7-3-5(1-2-5)4(8)9/h7H,1-3H2,(H,8,9)(H2,6,10,11). The van der Waals surface area contributed by atoms with Gasteiger partial charge in [-0.3, -0.25) is 4.79 Å². The van der Waals surface area contributed by atoms with Crippen LogP contribution >= 0.6 is 0 Å². The van der Waals surface area contributed by atoms with Gasteiger partial charge in [-0.15, -0.1) is 0 Å². The van der Waals surface area contributed by atoms with Crippen LogP contribution in [0.3, 0.4) is 0 Å². The summed E-state index contributed by atoms with van der Waals surface area (Å²) in [6.45, 7) is -0.110. The van der Waals surface area contributed by atoms with Crippen molar-refractivity contribution >= 4 is 16.2 Å². The molecule has 0 saturated heterocycles.